The van der Waals surface area contributed by atoms with Gasteiger partial charge in [-0.15, -0.1) is 0 Å². The van der Waals surface area contributed by atoms with Gasteiger partial charge in [-0.2, -0.15) is 0 Å². The zero-order valence-corrected chi connectivity index (χ0v) is 14.3. The molecule has 0 saturated carbocycles. The molecule has 0 radical (unpaired) electrons. The van der Waals surface area contributed by atoms with Gasteiger partial charge in [0.25, 0.3) is 0 Å². The third-order valence-corrected chi connectivity index (χ3v) is 3.72. The van der Waals surface area contributed by atoms with Crippen LogP contribution in [0, 0.1) is 6.92 Å². The average molecular weight is 352 g/mol. The lowest BCUT2D eigenvalue weighted by atomic mass is 9.90. The topological polar surface area (TPSA) is 114 Å². The van der Waals surface area contributed by atoms with Crippen LogP contribution in [0.25, 0.3) is 11.6 Å². The summed E-state index contributed by atoms with van der Waals surface area (Å²) in [7, 11) is 0. The van der Waals surface area contributed by atoms with Crippen LogP contribution in [-0.4, -0.2) is 27.1 Å². The highest BCUT2D eigenvalue weighted by Gasteiger charge is 2.12. The first-order valence-electron chi connectivity index (χ1n) is 8.02. The van der Waals surface area contributed by atoms with Gasteiger partial charge in [0, 0.05) is 23.5 Å². The van der Waals surface area contributed by atoms with Gasteiger partial charge < -0.3 is 15.9 Å². The van der Waals surface area contributed by atoms with Gasteiger partial charge in [-0.05, 0) is 54.7 Å². The monoisotopic (exact) mass is 352 g/mol. The normalized spacial score (nSPS) is 12.6. The third-order valence-electron chi connectivity index (χ3n) is 3.72. The third kappa shape index (κ3) is 5.59. The molecule has 0 bridgehead atoms. The Morgan fingerprint density at radius 1 is 1.08 bits per heavy atom. The number of anilines is 1. The van der Waals surface area contributed by atoms with Crippen LogP contribution in [-0.2, 0) is 16.0 Å². The van der Waals surface area contributed by atoms with E-state index in [9.17, 15) is 9.59 Å². The summed E-state index contributed by atoms with van der Waals surface area (Å²) >= 11 is 0. The molecule has 1 heterocycles. The minimum atomic E-state index is -1.26. The summed E-state index contributed by atoms with van der Waals surface area (Å²) in [6, 6.07) is 12.4. The van der Waals surface area contributed by atoms with E-state index in [0.717, 1.165) is 29.9 Å². The molecule has 26 heavy (non-hydrogen) atoms. The van der Waals surface area contributed by atoms with E-state index in [4.69, 9.17) is 15.9 Å². The average Bonchev–Trinajstić information content (AvgIpc) is 2.59. The molecule has 6 nitrogen and oxygen atoms in total. The molecule has 1 aliphatic carbocycles. The molecule has 0 unspecified atom stereocenters. The van der Waals surface area contributed by atoms with Crippen molar-refractivity contribution in [1.82, 2.24) is 4.98 Å². The van der Waals surface area contributed by atoms with Gasteiger partial charge in [-0.3, -0.25) is 4.98 Å². The summed E-state index contributed by atoms with van der Waals surface area (Å²) in [6.45, 7) is 1.98. The zero-order chi connectivity index (χ0) is 19.1. The van der Waals surface area contributed by atoms with Gasteiger partial charge >= 0.3 is 11.9 Å². The van der Waals surface area contributed by atoms with E-state index >= 15 is 0 Å². The summed E-state index contributed by atoms with van der Waals surface area (Å²) in [5.74, 6) is -2.51. The number of benzene rings is 1. The fourth-order valence-electron chi connectivity index (χ4n) is 2.64. The van der Waals surface area contributed by atoms with Gasteiger partial charge in [0.05, 0.1) is 5.69 Å². The van der Waals surface area contributed by atoms with Crippen LogP contribution < -0.4 is 5.73 Å². The Labute approximate surface area is 151 Å². The molecule has 1 aliphatic rings. The maximum absolute atomic E-state index is 9.55. The van der Waals surface area contributed by atoms with Crippen LogP contribution in [0.5, 0.6) is 0 Å². The van der Waals surface area contributed by atoms with E-state index in [1.165, 1.54) is 16.7 Å². The lowest BCUT2D eigenvalue weighted by Gasteiger charge is -2.16. The van der Waals surface area contributed by atoms with Crippen molar-refractivity contribution < 1.29 is 19.8 Å². The quantitative estimate of drug-likeness (QED) is 0.731. The summed E-state index contributed by atoms with van der Waals surface area (Å²) in [4.78, 5) is 23.7. The number of aliphatic carboxylic acids is 2. The first kappa shape index (κ1) is 18.9. The highest BCUT2D eigenvalue weighted by Crippen LogP contribution is 2.30. The summed E-state index contributed by atoms with van der Waals surface area (Å²) < 4.78 is 0. The number of carboxylic acids is 2. The van der Waals surface area contributed by atoms with E-state index in [2.05, 4.69) is 35.3 Å². The number of aromatic nitrogens is 1. The number of pyridine rings is 1. The number of nitrogens with two attached hydrogens (primary N) is 1. The van der Waals surface area contributed by atoms with Crippen LogP contribution in [0.3, 0.4) is 0 Å². The number of nitrogens with zero attached hydrogens (tertiary/aromatic N) is 1. The second-order valence-corrected chi connectivity index (χ2v) is 5.81. The van der Waals surface area contributed by atoms with Crippen molar-refractivity contribution in [3.8, 4) is 0 Å². The molecule has 0 fully saturated rings. The molecule has 0 aliphatic heterocycles. The molecule has 2 aromatic rings. The first-order valence-corrected chi connectivity index (χ1v) is 8.02. The number of allylic oxidation sites excluding steroid dienone is 1. The van der Waals surface area contributed by atoms with Crippen LogP contribution in [0.1, 0.15) is 28.9 Å². The number of nitrogen functional groups attached to an aromatic ring is 1. The Kier molecular flexibility index (Phi) is 6.27. The van der Waals surface area contributed by atoms with E-state index in [-0.39, 0.29) is 0 Å². The fourth-order valence-corrected chi connectivity index (χ4v) is 2.64. The molecule has 1 aromatic heterocycles. The Hall–Kier alpha value is -3.41. The van der Waals surface area contributed by atoms with Crippen LogP contribution in [0.4, 0.5) is 5.69 Å². The molecular formula is C20H20N2O4. The number of carbonyl (C=O) groups is 2. The SMILES string of the molecule is Cc1cc(N)cc(C2=Cc3ccccc3CC2)n1.O=C(O)C=CC(=O)O. The molecule has 4 N–H and O–H groups in total. The van der Waals surface area contributed by atoms with Crippen molar-refractivity contribution in [2.24, 2.45) is 0 Å². The van der Waals surface area contributed by atoms with Crippen molar-refractivity contribution in [2.75, 3.05) is 5.73 Å². The van der Waals surface area contributed by atoms with Gasteiger partial charge in [0.2, 0.25) is 0 Å². The summed E-state index contributed by atoms with van der Waals surface area (Å²) in [5, 5.41) is 15.6. The van der Waals surface area contributed by atoms with E-state index in [0.29, 0.717) is 12.2 Å². The second-order valence-electron chi connectivity index (χ2n) is 5.81. The molecule has 6 heteroatoms. The number of hydrogen-bond donors (Lipinski definition) is 3. The maximum atomic E-state index is 9.55. The second kappa shape index (κ2) is 8.62. The van der Waals surface area contributed by atoms with E-state index < -0.39 is 11.9 Å². The van der Waals surface area contributed by atoms with E-state index in [1.807, 2.05) is 19.1 Å². The molecular weight excluding hydrogens is 332 g/mol. The molecule has 0 amide bonds. The van der Waals surface area contributed by atoms with Crippen LogP contribution in [0.2, 0.25) is 0 Å². The van der Waals surface area contributed by atoms with Crippen molar-refractivity contribution in [3.05, 3.63) is 71.1 Å². The van der Waals surface area contributed by atoms with E-state index in [1.54, 1.807) is 0 Å². The Morgan fingerprint density at radius 3 is 2.35 bits per heavy atom. The Balaban J connectivity index is 0.000000260. The maximum Gasteiger partial charge on any atom is 0.328 e. The van der Waals surface area contributed by atoms with Crippen LogP contribution in [0.15, 0.2) is 48.6 Å². The first-order chi connectivity index (χ1) is 12.3. The summed E-state index contributed by atoms with van der Waals surface area (Å²) in [5.41, 5.74) is 12.7. The highest BCUT2D eigenvalue weighted by molar-refractivity contribution is 5.89. The van der Waals surface area contributed by atoms with Crippen molar-refractivity contribution >= 4 is 29.3 Å². The predicted molar refractivity (Wildman–Crippen MR) is 100 cm³/mol. The zero-order valence-electron chi connectivity index (χ0n) is 14.3. The number of rotatable bonds is 3. The molecule has 0 saturated heterocycles. The fraction of sp³-hybridized carbons (Fsp3) is 0.150. The Bertz CT molecular complexity index is 849. The number of hydrogen-bond acceptors (Lipinski definition) is 4. The van der Waals surface area contributed by atoms with Crippen molar-refractivity contribution in [3.63, 3.8) is 0 Å². The number of carboxylic acid groups (broad SMARTS) is 2. The lowest BCUT2D eigenvalue weighted by Crippen LogP contribution is -2.01. The molecule has 3 rings (SSSR count). The Morgan fingerprint density at radius 2 is 1.73 bits per heavy atom. The standard InChI is InChI=1S/C16H16N2.C4H4O4/c1-11-8-15(17)10-16(18-11)14-7-6-12-4-2-3-5-13(12)9-14;5-3(6)1-2-4(7)8/h2-5,8-10H,6-7H2,1H3,(H2,17,18);1-2H,(H,5,6)(H,7,8). The smallest absolute Gasteiger partial charge is 0.328 e. The van der Waals surface area contributed by atoms with Gasteiger partial charge in [0.15, 0.2) is 0 Å². The van der Waals surface area contributed by atoms with Crippen LogP contribution >= 0.6 is 0 Å². The molecule has 1 aromatic carbocycles. The van der Waals surface area contributed by atoms with Crippen molar-refractivity contribution in [1.29, 1.82) is 0 Å². The number of aryl methyl sites for hydroxylation is 2. The van der Waals surface area contributed by atoms with Crippen molar-refractivity contribution in [2.45, 2.75) is 19.8 Å². The van der Waals surface area contributed by atoms with Gasteiger partial charge in [-0.25, -0.2) is 9.59 Å². The largest absolute Gasteiger partial charge is 0.478 e. The minimum absolute atomic E-state index is 0.558. The minimum Gasteiger partial charge on any atom is -0.478 e. The number of fused-ring (bicyclic) bond motifs is 1. The lowest BCUT2D eigenvalue weighted by molar-refractivity contribution is -0.134. The van der Waals surface area contributed by atoms with Gasteiger partial charge in [-0.1, -0.05) is 24.3 Å². The predicted octanol–water partition coefficient (Wildman–Crippen LogP) is 3.17. The summed E-state index contributed by atoms with van der Waals surface area (Å²) in [6.07, 6.45) is 5.47. The highest BCUT2D eigenvalue weighted by atomic mass is 16.4. The molecule has 134 valence electrons. The molecule has 0 atom stereocenters. The van der Waals surface area contributed by atoms with Gasteiger partial charge in [0.1, 0.15) is 0 Å². The molecule has 0 spiro atoms.